The number of carbonyl (C=O) groups excluding carboxylic acids is 2. The molecular formula is C30H35ClN2O3. The van der Waals surface area contributed by atoms with E-state index in [1.807, 2.05) is 86.6 Å². The van der Waals surface area contributed by atoms with Crippen LogP contribution in [-0.2, 0) is 33.7 Å². The lowest BCUT2D eigenvalue weighted by molar-refractivity contribution is -0.140. The van der Waals surface area contributed by atoms with Crippen molar-refractivity contribution in [1.29, 1.82) is 0 Å². The van der Waals surface area contributed by atoms with Gasteiger partial charge in [0.05, 0.1) is 12.5 Å². The number of ether oxygens (including phenoxy) is 1. The predicted octanol–water partition coefficient (Wildman–Crippen LogP) is 5.45. The van der Waals surface area contributed by atoms with Crippen LogP contribution in [0.5, 0.6) is 0 Å². The van der Waals surface area contributed by atoms with Crippen LogP contribution in [0, 0.1) is 0 Å². The Labute approximate surface area is 219 Å². The average Bonchev–Trinajstić information content (AvgIpc) is 2.88. The number of halogens is 1. The molecule has 0 saturated heterocycles. The summed E-state index contributed by atoms with van der Waals surface area (Å²) in [6.45, 7) is 5.38. The van der Waals surface area contributed by atoms with E-state index < -0.39 is 6.04 Å². The van der Waals surface area contributed by atoms with Crippen molar-refractivity contribution in [3.63, 3.8) is 0 Å². The van der Waals surface area contributed by atoms with Gasteiger partial charge in [0.25, 0.3) is 0 Å². The monoisotopic (exact) mass is 506 g/mol. The van der Waals surface area contributed by atoms with E-state index >= 15 is 0 Å². The Morgan fingerprint density at radius 2 is 1.47 bits per heavy atom. The van der Waals surface area contributed by atoms with E-state index in [1.165, 1.54) is 0 Å². The van der Waals surface area contributed by atoms with Crippen LogP contribution in [0.3, 0.4) is 0 Å². The Balaban J connectivity index is 1.84. The first-order chi connectivity index (χ1) is 17.4. The summed E-state index contributed by atoms with van der Waals surface area (Å²) in [5.41, 5.74) is 2.82. The van der Waals surface area contributed by atoms with Crippen LogP contribution >= 0.6 is 11.6 Å². The second kappa shape index (κ2) is 14.4. The molecule has 0 aliphatic rings. The van der Waals surface area contributed by atoms with E-state index in [9.17, 15) is 9.59 Å². The molecule has 3 aromatic rings. The zero-order valence-corrected chi connectivity index (χ0v) is 21.8. The van der Waals surface area contributed by atoms with Gasteiger partial charge in [-0.2, -0.15) is 0 Å². The maximum atomic E-state index is 13.7. The molecule has 0 spiro atoms. The van der Waals surface area contributed by atoms with Gasteiger partial charge < -0.3 is 15.0 Å². The summed E-state index contributed by atoms with van der Waals surface area (Å²) in [6, 6.07) is 26.2. The van der Waals surface area contributed by atoms with Gasteiger partial charge in [0, 0.05) is 31.1 Å². The first-order valence-electron chi connectivity index (χ1n) is 12.4. The third kappa shape index (κ3) is 9.14. The smallest absolute Gasteiger partial charge is 0.243 e. The van der Waals surface area contributed by atoms with Crippen LogP contribution < -0.4 is 5.32 Å². The standard InChI is InChI=1S/C30H35ClN2O3/c1-23(2)36-19-9-18-32-30(35)28(20-24-10-5-3-6-11-24)33(22-26-12-7-4-8-13-26)29(34)21-25-14-16-27(31)17-15-25/h3-8,10-17,23,28H,9,18-22H2,1-2H3,(H,32,35). The van der Waals surface area contributed by atoms with Gasteiger partial charge in [-0.15, -0.1) is 0 Å². The predicted molar refractivity (Wildman–Crippen MR) is 145 cm³/mol. The Bertz CT molecular complexity index is 1070. The number of hydrogen-bond acceptors (Lipinski definition) is 3. The maximum absolute atomic E-state index is 13.7. The molecular weight excluding hydrogens is 472 g/mol. The summed E-state index contributed by atoms with van der Waals surface area (Å²) in [5.74, 6) is -0.274. The number of benzene rings is 3. The molecule has 3 aromatic carbocycles. The molecule has 0 saturated carbocycles. The van der Waals surface area contributed by atoms with E-state index in [2.05, 4.69) is 5.32 Å². The highest BCUT2D eigenvalue weighted by Crippen LogP contribution is 2.17. The van der Waals surface area contributed by atoms with Crippen LogP contribution in [0.25, 0.3) is 0 Å². The molecule has 3 rings (SSSR count). The zero-order chi connectivity index (χ0) is 25.8. The Morgan fingerprint density at radius 1 is 0.861 bits per heavy atom. The number of carbonyl (C=O) groups is 2. The Kier molecular flexibility index (Phi) is 11.0. The van der Waals surface area contributed by atoms with Gasteiger partial charge in [-0.3, -0.25) is 9.59 Å². The molecule has 0 fully saturated rings. The Morgan fingerprint density at radius 3 is 2.08 bits per heavy atom. The van der Waals surface area contributed by atoms with Crippen LogP contribution in [0.4, 0.5) is 0 Å². The van der Waals surface area contributed by atoms with E-state index in [4.69, 9.17) is 16.3 Å². The highest BCUT2D eigenvalue weighted by atomic mass is 35.5. The molecule has 0 heterocycles. The topological polar surface area (TPSA) is 58.6 Å². The van der Waals surface area contributed by atoms with Crippen LogP contribution in [-0.4, -0.2) is 42.0 Å². The van der Waals surface area contributed by atoms with Crippen molar-refractivity contribution in [2.75, 3.05) is 13.2 Å². The first-order valence-corrected chi connectivity index (χ1v) is 12.8. The lowest BCUT2D eigenvalue weighted by Gasteiger charge is -2.31. The van der Waals surface area contributed by atoms with Crippen molar-refractivity contribution < 1.29 is 14.3 Å². The van der Waals surface area contributed by atoms with E-state index in [1.54, 1.807) is 17.0 Å². The molecule has 0 radical (unpaired) electrons. The van der Waals surface area contributed by atoms with Gasteiger partial charge in [0.2, 0.25) is 11.8 Å². The minimum atomic E-state index is -0.654. The second-order valence-electron chi connectivity index (χ2n) is 9.08. The summed E-state index contributed by atoms with van der Waals surface area (Å²) in [7, 11) is 0. The fourth-order valence-corrected chi connectivity index (χ4v) is 4.06. The van der Waals surface area contributed by atoms with E-state index in [0.717, 1.165) is 16.7 Å². The fraction of sp³-hybridized carbons (Fsp3) is 0.333. The molecule has 6 heteroatoms. The number of rotatable bonds is 13. The van der Waals surface area contributed by atoms with Gasteiger partial charge in [0.1, 0.15) is 6.04 Å². The summed E-state index contributed by atoms with van der Waals surface area (Å²) < 4.78 is 5.59. The highest BCUT2D eigenvalue weighted by Gasteiger charge is 2.30. The van der Waals surface area contributed by atoms with Crippen molar-refractivity contribution in [2.45, 2.75) is 51.8 Å². The van der Waals surface area contributed by atoms with Gasteiger partial charge in [-0.25, -0.2) is 0 Å². The number of nitrogens with one attached hydrogen (secondary N) is 1. The number of nitrogens with zero attached hydrogens (tertiary/aromatic N) is 1. The molecule has 1 N–H and O–H groups in total. The van der Waals surface area contributed by atoms with Crippen LogP contribution in [0.15, 0.2) is 84.9 Å². The van der Waals surface area contributed by atoms with Crippen molar-refractivity contribution >= 4 is 23.4 Å². The van der Waals surface area contributed by atoms with Gasteiger partial charge >= 0.3 is 0 Å². The lowest BCUT2D eigenvalue weighted by Crippen LogP contribution is -2.51. The summed E-state index contributed by atoms with van der Waals surface area (Å²) in [4.78, 5) is 28.9. The lowest BCUT2D eigenvalue weighted by atomic mass is 10.0. The molecule has 0 bridgehead atoms. The molecule has 1 atom stereocenters. The van der Waals surface area contributed by atoms with E-state index in [-0.39, 0.29) is 24.3 Å². The van der Waals surface area contributed by atoms with Crippen LogP contribution in [0.2, 0.25) is 5.02 Å². The maximum Gasteiger partial charge on any atom is 0.243 e. The summed E-state index contributed by atoms with van der Waals surface area (Å²) >= 11 is 6.03. The highest BCUT2D eigenvalue weighted by molar-refractivity contribution is 6.30. The van der Waals surface area contributed by atoms with Crippen molar-refractivity contribution in [2.24, 2.45) is 0 Å². The summed E-state index contributed by atoms with van der Waals surface area (Å²) in [5, 5.41) is 3.66. The largest absolute Gasteiger partial charge is 0.379 e. The molecule has 1 unspecified atom stereocenters. The minimum absolute atomic E-state index is 0.111. The van der Waals surface area contributed by atoms with Crippen LogP contribution in [0.1, 0.15) is 37.0 Å². The molecule has 0 aliphatic carbocycles. The first kappa shape index (κ1) is 27.4. The van der Waals surface area contributed by atoms with Crippen molar-refractivity contribution in [3.8, 4) is 0 Å². The number of amides is 2. The molecule has 2 amide bonds. The molecule has 5 nitrogen and oxygen atoms in total. The molecule has 190 valence electrons. The van der Waals surface area contributed by atoms with Crippen molar-refractivity contribution in [1.82, 2.24) is 10.2 Å². The Hall–Kier alpha value is -3.15. The van der Waals surface area contributed by atoms with Gasteiger partial charge in [-0.05, 0) is 49.1 Å². The summed E-state index contributed by atoms with van der Waals surface area (Å²) in [6.07, 6.45) is 1.47. The normalized spacial score (nSPS) is 11.8. The number of hydrogen-bond donors (Lipinski definition) is 1. The second-order valence-corrected chi connectivity index (χ2v) is 9.52. The van der Waals surface area contributed by atoms with Gasteiger partial charge in [-0.1, -0.05) is 84.4 Å². The third-order valence-corrected chi connectivity index (χ3v) is 6.06. The quantitative estimate of drug-likeness (QED) is 0.313. The SMILES string of the molecule is CC(C)OCCCNC(=O)C(Cc1ccccc1)N(Cc1ccccc1)C(=O)Cc1ccc(Cl)cc1. The molecule has 0 aliphatic heterocycles. The van der Waals surface area contributed by atoms with E-state index in [0.29, 0.717) is 37.6 Å². The average molecular weight is 507 g/mol. The van der Waals surface area contributed by atoms with Crippen molar-refractivity contribution in [3.05, 3.63) is 107 Å². The third-order valence-electron chi connectivity index (χ3n) is 5.81. The molecule has 0 aromatic heterocycles. The zero-order valence-electron chi connectivity index (χ0n) is 21.0. The minimum Gasteiger partial charge on any atom is -0.379 e. The fourth-order valence-electron chi connectivity index (χ4n) is 3.93. The van der Waals surface area contributed by atoms with Gasteiger partial charge in [0.15, 0.2) is 0 Å². The molecule has 36 heavy (non-hydrogen) atoms.